The first-order valence-corrected chi connectivity index (χ1v) is 7.41. The molecule has 0 bridgehead atoms. The highest BCUT2D eigenvalue weighted by atomic mass is 16.2. The van der Waals surface area contributed by atoms with Crippen LogP contribution < -0.4 is 0 Å². The number of amides is 1. The lowest BCUT2D eigenvalue weighted by molar-refractivity contribution is -0.126. The second-order valence-corrected chi connectivity index (χ2v) is 6.81. The molecule has 1 amide bonds. The monoisotopic (exact) mass is 277 g/mol. The smallest absolute Gasteiger partial charge is 0.264 e. The first kappa shape index (κ1) is 16.7. The second-order valence-electron chi connectivity index (χ2n) is 6.81. The number of rotatable bonds is 2. The van der Waals surface area contributed by atoms with Crippen LogP contribution in [-0.4, -0.2) is 47.9 Å². The average molecular weight is 277 g/mol. The Balaban J connectivity index is 2.77. The minimum absolute atomic E-state index is 0.118. The summed E-state index contributed by atoms with van der Waals surface area (Å²) < 4.78 is 0. The van der Waals surface area contributed by atoms with Gasteiger partial charge in [0.2, 0.25) is 0 Å². The number of allylic oxidation sites excluding steroid dienone is 1. The van der Waals surface area contributed by atoms with Crippen LogP contribution in [0.5, 0.6) is 0 Å². The third-order valence-electron chi connectivity index (χ3n) is 3.48. The zero-order valence-corrected chi connectivity index (χ0v) is 13.4. The Morgan fingerprint density at radius 1 is 1.20 bits per heavy atom. The van der Waals surface area contributed by atoms with Gasteiger partial charge < -0.3 is 4.90 Å². The SMILES string of the molecule is CC(C)N1CCCN(C(=O)/C(C#N)=C/C(C)(C)C)CC1. The normalized spacial score (nSPS) is 18.9. The van der Waals surface area contributed by atoms with Crippen molar-refractivity contribution in [1.29, 1.82) is 5.26 Å². The maximum absolute atomic E-state index is 12.5. The van der Waals surface area contributed by atoms with E-state index < -0.39 is 0 Å². The Hall–Kier alpha value is -1.34. The van der Waals surface area contributed by atoms with Crippen LogP contribution in [0.3, 0.4) is 0 Å². The quantitative estimate of drug-likeness (QED) is 0.575. The van der Waals surface area contributed by atoms with Crippen molar-refractivity contribution in [3.8, 4) is 6.07 Å². The Bertz CT molecular complexity index is 412. The van der Waals surface area contributed by atoms with Crippen LogP contribution in [-0.2, 0) is 4.79 Å². The van der Waals surface area contributed by atoms with E-state index in [1.54, 1.807) is 6.08 Å². The van der Waals surface area contributed by atoms with E-state index in [1.807, 2.05) is 25.7 Å². The van der Waals surface area contributed by atoms with Crippen LogP contribution in [0.25, 0.3) is 0 Å². The van der Waals surface area contributed by atoms with Gasteiger partial charge in [-0.2, -0.15) is 5.26 Å². The van der Waals surface area contributed by atoms with Gasteiger partial charge in [-0.3, -0.25) is 9.69 Å². The third-order valence-corrected chi connectivity index (χ3v) is 3.48. The summed E-state index contributed by atoms with van der Waals surface area (Å²) in [6.45, 7) is 13.7. The van der Waals surface area contributed by atoms with Gasteiger partial charge in [-0.25, -0.2) is 0 Å². The summed E-state index contributed by atoms with van der Waals surface area (Å²) >= 11 is 0. The van der Waals surface area contributed by atoms with Crippen LogP contribution in [0.15, 0.2) is 11.6 Å². The molecule has 1 heterocycles. The van der Waals surface area contributed by atoms with Gasteiger partial charge in [0.25, 0.3) is 5.91 Å². The molecule has 0 spiro atoms. The molecule has 0 aliphatic carbocycles. The number of hydrogen-bond donors (Lipinski definition) is 0. The van der Waals surface area contributed by atoms with Crippen LogP contribution in [0.4, 0.5) is 0 Å². The lowest BCUT2D eigenvalue weighted by Crippen LogP contribution is -2.38. The second kappa shape index (κ2) is 6.90. The standard InChI is InChI=1S/C16H27N3O/c1-13(2)18-7-6-8-19(10-9-18)15(20)14(12-17)11-16(3,4)5/h11,13H,6-10H2,1-5H3/b14-11+. The Kier molecular flexibility index (Phi) is 5.76. The highest BCUT2D eigenvalue weighted by molar-refractivity contribution is 5.97. The van der Waals surface area contributed by atoms with Crippen molar-refractivity contribution in [2.75, 3.05) is 26.2 Å². The zero-order chi connectivity index (χ0) is 15.3. The fourth-order valence-electron chi connectivity index (χ4n) is 2.40. The molecule has 0 unspecified atom stereocenters. The molecule has 4 nitrogen and oxygen atoms in total. The molecular formula is C16H27N3O. The summed E-state index contributed by atoms with van der Waals surface area (Å²) in [6, 6.07) is 2.57. The van der Waals surface area contributed by atoms with Crippen molar-refractivity contribution in [2.24, 2.45) is 5.41 Å². The molecule has 0 N–H and O–H groups in total. The summed E-state index contributed by atoms with van der Waals surface area (Å²) in [6.07, 6.45) is 2.75. The summed E-state index contributed by atoms with van der Waals surface area (Å²) in [4.78, 5) is 16.7. The highest BCUT2D eigenvalue weighted by Crippen LogP contribution is 2.19. The molecule has 1 fully saturated rings. The maximum Gasteiger partial charge on any atom is 0.264 e. The molecule has 0 radical (unpaired) electrons. The topological polar surface area (TPSA) is 47.3 Å². The van der Waals surface area contributed by atoms with Crippen molar-refractivity contribution in [1.82, 2.24) is 9.80 Å². The van der Waals surface area contributed by atoms with Gasteiger partial charge in [-0.1, -0.05) is 26.8 Å². The molecule has 1 rings (SSSR count). The molecule has 4 heteroatoms. The Morgan fingerprint density at radius 2 is 1.85 bits per heavy atom. The molecule has 1 saturated heterocycles. The summed E-state index contributed by atoms with van der Waals surface area (Å²) in [5, 5.41) is 9.22. The van der Waals surface area contributed by atoms with E-state index in [2.05, 4.69) is 24.8 Å². The maximum atomic E-state index is 12.5. The fraction of sp³-hybridized carbons (Fsp3) is 0.750. The Morgan fingerprint density at radius 3 is 2.35 bits per heavy atom. The predicted molar refractivity (Wildman–Crippen MR) is 81.1 cm³/mol. The molecule has 0 aromatic heterocycles. The van der Waals surface area contributed by atoms with Crippen molar-refractivity contribution in [3.63, 3.8) is 0 Å². The molecule has 0 atom stereocenters. The van der Waals surface area contributed by atoms with Crippen molar-refractivity contribution >= 4 is 5.91 Å². The molecule has 0 saturated carbocycles. The van der Waals surface area contributed by atoms with Gasteiger partial charge in [0.1, 0.15) is 11.6 Å². The molecule has 112 valence electrons. The van der Waals surface area contributed by atoms with E-state index in [9.17, 15) is 10.1 Å². The number of carbonyl (C=O) groups excluding carboxylic acids is 1. The summed E-state index contributed by atoms with van der Waals surface area (Å²) in [7, 11) is 0. The van der Waals surface area contributed by atoms with Crippen LogP contribution in [0.2, 0.25) is 0 Å². The molecule has 1 aliphatic heterocycles. The highest BCUT2D eigenvalue weighted by Gasteiger charge is 2.24. The van der Waals surface area contributed by atoms with Crippen LogP contribution in [0, 0.1) is 16.7 Å². The van der Waals surface area contributed by atoms with Gasteiger partial charge in [0, 0.05) is 32.2 Å². The largest absolute Gasteiger partial charge is 0.337 e. The van der Waals surface area contributed by atoms with E-state index in [1.165, 1.54) is 0 Å². The zero-order valence-electron chi connectivity index (χ0n) is 13.4. The van der Waals surface area contributed by atoms with Crippen LogP contribution in [0.1, 0.15) is 41.0 Å². The molecule has 20 heavy (non-hydrogen) atoms. The first-order chi connectivity index (χ1) is 9.24. The number of nitriles is 1. The minimum atomic E-state index is -0.156. The number of nitrogens with zero attached hydrogens (tertiary/aromatic N) is 3. The number of carbonyl (C=O) groups is 1. The van der Waals surface area contributed by atoms with E-state index in [4.69, 9.17) is 0 Å². The molecule has 0 aromatic carbocycles. The first-order valence-electron chi connectivity index (χ1n) is 7.41. The van der Waals surface area contributed by atoms with Gasteiger partial charge >= 0.3 is 0 Å². The van der Waals surface area contributed by atoms with E-state index in [0.717, 1.165) is 26.1 Å². The fourth-order valence-corrected chi connectivity index (χ4v) is 2.40. The predicted octanol–water partition coefficient (Wildman–Crippen LogP) is 2.43. The molecule has 0 aromatic rings. The van der Waals surface area contributed by atoms with Gasteiger partial charge in [-0.15, -0.1) is 0 Å². The molecular weight excluding hydrogens is 250 g/mol. The van der Waals surface area contributed by atoms with E-state index in [-0.39, 0.29) is 16.9 Å². The average Bonchev–Trinajstić information content (AvgIpc) is 2.59. The van der Waals surface area contributed by atoms with Crippen molar-refractivity contribution in [2.45, 2.75) is 47.1 Å². The Labute approximate surface area is 123 Å². The molecule has 1 aliphatic rings. The van der Waals surface area contributed by atoms with Gasteiger partial charge in [0.05, 0.1) is 0 Å². The number of hydrogen-bond acceptors (Lipinski definition) is 3. The third kappa shape index (κ3) is 4.97. The van der Waals surface area contributed by atoms with Gasteiger partial charge in [0.15, 0.2) is 0 Å². The lowest BCUT2D eigenvalue weighted by atomic mass is 9.93. The summed E-state index contributed by atoms with van der Waals surface area (Å²) in [5.74, 6) is -0.118. The summed E-state index contributed by atoms with van der Waals surface area (Å²) in [5.41, 5.74) is 0.117. The van der Waals surface area contributed by atoms with E-state index in [0.29, 0.717) is 12.6 Å². The minimum Gasteiger partial charge on any atom is -0.337 e. The lowest BCUT2D eigenvalue weighted by Gasteiger charge is -2.25. The van der Waals surface area contributed by atoms with Crippen LogP contribution >= 0.6 is 0 Å². The van der Waals surface area contributed by atoms with E-state index >= 15 is 0 Å². The van der Waals surface area contributed by atoms with Crippen molar-refractivity contribution < 1.29 is 4.79 Å². The van der Waals surface area contributed by atoms with Gasteiger partial charge in [-0.05, 0) is 25.7 Å². The van der Waals surface area contributed by atoms with Crippen molar-refractivity contribution in [3.05, 3.63) is 11.6 Å².